The molecule has 0 aromatic heterocycles. The molecule has 2 rings (SSSR count). The normalized spacial score (nSPS) is 10.4. The van der Waals surface area contributed by atoms with E-state index in [4.69, 9.17) is 11.6 Å². The SMILES string of the molecule is Cc1ccc(CNc2cc(Br)ccc2Cl)cc1C. The third-order valence-corrected chi connectivity index (χ3v) is 3.81. The van der Waals surface area contributed by atoms with Crippen LogP contribution in [0.1, 0.15) is 16.7 Å². The summed E-state index contributed by atoms with van der Waals surface area (Å²) >= 11 is 9.58. The average molecular weight is 325 g/mol. The van der Waals surface area contributed by atoms with Crippen LogP contribution in [-0.2, 0) is 6.54 Å². The first kappa shape index (κ1) is 13.4. The molecule has 0 heterocycles. The van der Waals surface area contributed by atoms with Crippen LogP contribution in [0.4, 0.5) is 5.69 Å². The number of halogens is 2. The van der Waals surface area contributed by atoms with E-state index in [9.17, 15) is 0 Å². The van der Waals surface area contributed by atoms with Crippen molar-refractivity contribution in [1.29, 1.82) is 0 Å². The zero-order chi connectivity index (χ0) is 13.1. The van der Waals surface area contributed by atoms with Crippen LogP contribution < -0.4 is 5.32 Å². The van der Waals surface area contributed by atoms with Gasteiger partial charge in [-0.15, -0.1) is 0 Å². The van der Waals surface area contributed by atoms with Crippen LogP contribution in [-0.4, -0.2) is 0 Å². The Kier molecular flexibility index (Phi) is 4.31. The molecule has 94 valence electrons. The van der Waals surface area contributed by atoms with Gasteiger partial charge in [0.15, 0.2) is 0 Å². The zero-order valence-corrected chi connectivity index (χ0v) is 12.8. The van der Waals surface area contributed by atoms with E-state index < -0.39 is 0 Å². The Labute approximate surface area is 121 Å². The van der Waals surface area contributed by atoms with Gasteiger partial charge >= 0.3 is 0 Å². The highest BCUT2D eigenvalue weighted by Gasteiger charge is 2.01. The minimum atomic E-state index is 0.738. The molecule has 3 heteroatoms. The summed E-state index contributed by atoms with van der Waals surface area (Å²) < 4.78 is 1.02. The molecule has 18 heavy (non-hydrogen) atoms. The summed E-state index contributed by atoms with van der Waals surface area (Å²) in [5.74, 6) is 0. The van der Waals surface area contributed by atoms with Crippen molar-refractivity contribution in [2.75, 3.05) is 5.32 Å². The highest BCUT2D eigenvalue weighted by molar-refractivity contribution is 9.10. The highest BCUT2D eigenvalue weighted by Crippen LogP contribution is 2.26. The lowest BCUT2D eigenvalue weighted by atomic mass is 10.1. The first-order valence-corrected chi connectivity index (χ1v) is 6.98. The molecule has 0 aliphatic carbocycles. The van der Waals surface area contributed by atoms with Gasteiger partial charge in [0, 0.05) is 11.0 Å². The predicted molar refractivity (Wildman–Crippen MR) is 82.4 cm³/mol. The maximum atomic E-state index is 6.14. The van der Waals surface area contributed by atoms with Gasteiger partial charge in [-0.25, -0.2) is 0 Å². The van der Waals surface area contributed by atoms with E-state index in [0.717, 1.165) is 21.7 Å². The van der Waals surface area contributed by atoms with Crippen LogP contribution in [0.25, 0.3) is 0 Å². The number of aryl methyl sites for hydroxylation is 2. The minimum absolute atomic E-state index is 0.738. The predicted octanol–water partition coefficient (Wildman–Crippen LogP) is 5.33. The monoisotopic (exact) mass is 323 g/mol. The number of anilines is 1. The van der Waals surface area contributed by atoms with Crippen molar-refractivity contribution in [3.05, 3.63) is 62.6 Å². The second-order valence-electron chi connectivity index (χ2n) is 4.40. The van der Waals surface area contributed by atoms with Crippen molar-refractivity contribution < 1.29 is 0 Å². The van der Waals surface area contributed by atoms with Crippen LogP contribution >= 0.6 is 27.5 Å². The molecule has 2 aromatic rings. The summed E-state index contributed by atoms with van der Waals surface area (Å²) in [6.45, 7) is 5.03. The van der Waals surface area contributed by atoms with Gasteiger partial charge in [-0.05, 0) is 48.7 Å². The minimum Gasteiger partial charge on any atom is -0.380 e. The molecule has 0 spiro atoms. The first-order chi connectivity index (χ1) is 8.56. The summed E-state index contributed by atoms with van der Waals surface area (Å²) in [5.41, 5.74) is 4.84. The smallest absolute Gasteiger partial charge is 0.0638 e. The third-order valence-electron chi connectivity index (χ3n) is 2.98. The molecule has 0 fully saturated rings. The van der Waals surface area contributed by atoms with Gasteiger partial charge in [0.1, 0.15) is 0 Å². The lowest BCUT2D eigenvalue weighted by molar-refractivity contribution is 1.13. The van der Waals surface area contributed by atoms with Crippen LogP contribution in [0.15, 0.2) is 40.9 Å². The van der Waals surface area contributed by atoms with Crippen LogP contribution in [0, 0.1) is 13.8 Å². The van der Waals surface area contributed by atoms with Gasteiger partial charge in [-0.3, -0.25) is 0 Å². The summed E-state index contributed by atoms with van der Waals surface area (Å²) in [5, 5.41) is 4.09. The van der Waals surface area contributed by atoms with Gasteiger partial charge < -0.3 is 5.32 Å². The molecule has 0 saturated heterocycles. The van der Waals surface area contributed by atoms with Crippen molar-refractivity contribution in [2.45, 2.75) is 20.4 Å². The van der Waals surface area contributed by atoms with Gasteiger partial charge in [0.05, 0.1) is 10.7 Å². The van der Waals surface area contributed by atoms with Crippen molar-refractivity contribution in [1.82, 2.24) is 0 Å². The van der Waals surface area contributed by atoms with Crippen molar-refractivity contribution in [3.8, 4) is 0 Å². The highest BCUT2D eigenvalue weighted by atomic mass is 79.9. The number of hydrogen-bond donors (Lipinski definition) is 1. The van der Waals surface area contributed by atoms with Crippen LogP contribution in [0.3, 0.4) is 0 Å². The fourth-order valence-electron chi connectivity index (χ4n) is 1.74. The molecule has 2 aromatic carbocycles. The van der Waals surface area contributed by atoms with E-state index in [1.165, 1.54) is 16.7 Å². The molecule has 0 unspecified atom stereocenters. The van der Waals surface area contributed by atoms with Gasteiger partial charge in [0.25, 0.3) is 0 Å². The molecule has 0 amide bonds. The third kappa shape index (κ3) is 3.27. The van der Waals surface area contributed by atoms with E-state index in [-0.39, 0.29) is 0 Å². The standard InChI is InChI=1S/C15H15BrClN/c1-10-3-4-12(7-11(10)2)9-18-15-8-13(16)5-6-14(15)17/h3-8,18H,9H2,1-2H3. The first-order valence-electron chi connectivity index (χ1n) is 5.81. The molecule has 1 N–H and O–H groups in total. The Morgan fingerprint density at radius 3 is 2.56 bits per heavy atom. The molecule has 0 saturated carbocycles. The molecule has 0 aliphatic heterocycles. The Bertz CT molecular complexity index is 566. The fourth-order valence-corrected chi connectivity index (χ4v) is 2.29. The Hall–Kier alpha value is -0.990. The fraction of sp³-hybridized carbons (Fsp3) is 0.200. The van der Waals surface area contributed by atoms with Crippen molar-refractivity contribution in [2.24, 2.45) is 0 Å². The van der Waals surface area contributed by atoms with Crippen molar-refractivity contribution >= 4 is 33.2 Å². The molecule has 0 radical (unpaired) electrons. The van der Waals surface area contributed by atoms with Gasteiger partial charge in [-0.1, -0.05) is 45.7 Å². The average Bonchev–Trinajstić information content (AvgIpc) is 2.34. The lowest BCUT2D eigenvalue weighted by Crippen LogP contribution is -2.00. The van der Waals surface area contributed by atoms with Crippen molar-refractivity contribution in [3.63, 3.8) is 0 Å². The maximum absolute atomic E-state index is 6.14. The number of nitrogens with one attached hydrogen (secondary N) is 1. The molecule has 0 bridgehead atoms. The topological polar surface area (TPSA) is 12.0 Å². The Morgan fingerprint density at radius 1 is 1.06 bits per heavy atom. The van der Waals surface area contributed by atoms with E-state index >= 15 is 0 Å². The summed E-state index contributed by atoms with van der Waals surface area (Å²) in [6, 6.07) is 12.3. The molecule has 0 atom stereocenters. The number of hydrogen-bond acceptors (Lipinski definition) is 1. The quantitative estimate of drug-likeness (QED) is 0.804. The van der Waals surface area contributed by atoms with E-state index in [1.54, 1.807) is 0 Å². The number of rotatable bonds is 3. The van der Waals surface area contributed by atoms with E-state index in [2.05, 4.69) is 53.3 Å². The zero-order valence-electron chi connectivity index (χ0n) is 10.4. The summed E-state index contributed by atoms with van der Waals surface area (Å²) in [4.78, 5) is 0. The molecular formula is C15H15BrClN. The van der Waals surface area contributed by atoms with Gasteiger partial charge in [0.2, 0.25) is 0 Å². The summed E-state index contributed by atoms with van der Waals surface area (Å²) in [6.07, 6.45) is 0. The second kappa shape index (κ2) is 5.77. The maximum Gasteiger partial charge on any atom is 0.0638 e. The van der Waals surface area contributed by atoms with E-state index in [1.807, 2.05) is 18.2 Å². The molecular weight excluding hydrogens is 310 g/mol. The van der Waals surface area contributed by atoms with Crippen LogP contribution in [0.5, 0.6) is 0 Å². The molecule has 1 nitrogen and oxygen atoms in total. The van der Waals surface area contributed by atoms with Gasteiger partial charge in [-0.2, -0.15) is 0 Å². The van der Waals surface area contributed by atoms with Crippen LogP contribution in [0.2, 0.25) is 5.02 Å². The number of benzene rings is 2. The summed E-state index contributed by atoms with van der Waals surface area (Å²) in [7, 11) is 0. The molecule has 0 aliphatic rings. The Morgan fingerprint density at radius 2 is 1.83 bits per heavy atom. The largest absolute Gasteiger partial charge is 0.380 e. The second-order valence-corrected chi connectivity index (χ2v) is 5.72. The van der Waals surface area contributed by atoms with E-state index in [0.29, 0.717) is 0 Å². The lowest BCUT2D eigenvalue weighted by Gasteiger charge is -2.10. The Balaban J connectivity index is 2.11.